The first-order valence-corrected chi connectivity index (χ1v) is 9.11. The zero-order valence-electron chi connectivity index (χ0n) is 16.1. The van der Waals surface area contributed by atoms with Gasteiger partial charge in [-0.2, -0.15) is 18.2 Å². The average molecular weight is 402 g/mol. The normalized spacial score (nSPS) is 11.2. The molecule has 0 amide bonds. The smallest absolute Gasteiger partial charge is 0.421 e. The molecule has 0 atom stereocenters. The van der Waals surface area contributed by atoms with Crippen LogP contribution in [0.1, 0.15) is 18.9 Å². The molecular weight excluding hydrogens is 381 g/mol. The summed E-state index contributed by atoms with van der Waals surface area (Å²) < 4.78 is 45.9. The van der Waals surface area contributed by atoms with E-state index >= 15 is 0 Å². The van der Waals surface area contributed by atoms with Gasteiger partial charge in [0, 0.05) is 24.6 Å². The summed E-state index contributed by atoms with van der Waals surface area (Å²) in [4.78, 5) is 9.66. The van der Waals surface area contributed by atoms with Crippen molar-refractivity contribution in [2.24, 2.45) is 0 Å². The first-order chi connectivity index (χ1) is 13.9. The van der Waals surface area contributed by atoms with Crippen LogP contribution in [0.25, 0.3) is 0 Å². The highest BCUT2D eigenvalue weighted by molar-refractivity contribution is 5.64. The van der Waals surface area contributed by atoms with Gasteiger partial charge in [0.2, 0.25) is 5.95 Å². The third-order valence-electron chi connectivity index (χ3n) is 4.11. The Morgan fingerprint density at radius 3 is 2.34 bits per heavy atom. The molecule has 0 aliphatic heterocycles. The summed E-state index contributed by atoms with van der Waals surface area (Å²) >= 11 is 0. The highest BCUT2D eigenvalue weighted by atomic mass is 19.4. The van der Waals surface area contributed by atoms with Gasteiger partial charge in [-0.05, 0) is 42.8 Å². The zero-order chi connectivity index (χ0) is 20.9. The van der Waals surface area contributed by atoms with Gasteiger partial charge in [-0.1, -0.05) is 25.1 Å². The van der Waals surface area contributed by atoms with Gasteiger partial charge >= 0.3 is 6.18 Å². The van der Waals surface area contributed by atoms with Crippen LogP contribution in [-0.2, 0) is 6.18 Å². The molecule has 1 N–H and O–H groups in total. The topological polar surface area (TPSA) is 50.3 Å². The molecule has 0 spiro atoms. The Balaban J connectivity index is 1.90. The van der Waals surface area contributed by atoms with Crippen molar-refractivity contribution >= 4 is 23.1 Å². The number of hydrogen-bond donors (Lipinski definition) is 1. The fraction of sp³-hybridized carbons (Fsp3) is 0.238. The van der Waals surface area contributed by atoms with Crippen LogP contribution in [0.15, 0.2) is 60.8 Å². The number of aromatic nitrogens is 2. The van der Waals surface area contributed by atoms with Gasteiger partial charge in [0.1, 0.15) is 17.1 Å². The van der Waals surface area contributed by atoms with E-state index < -0.39 is 11.7 Å². The summed E-state index contributed by atoms with van der Waals surface area (Å²) in [5.74, 6) is 0.489. The number of ether oxygens (including phenoxy) is 1. The molecule has 152 valence electrons. The van der Waals surface area contributed by atoms with Gasteiger partial charge in [0.25, 0.3) is 0 Å². The third-order valence-corrected chi connectivity index (χ3v) is 4.11. The average Bonchev–Trinajstić information content (AvgIpc) is 2.72. The minimum Gasteiger partial charge on any atom is -0.494 e. The number of alkyl halides is 3. The van der Waals surface area contributed by atoms with Gasteiger partial charge in [0.05, 0.1) is 6.61 Å². The highest BCUT2D eigenvalue weighted by Crippen LogP contribution is 2.36. The molecule has 3 aromatic rings. The Kier molecular flexibility index (Phi) is 6.21. The summed E-state index contributed by atoms with van der Waals surface area (Å²) in [5, 5.41) is 2.76. The van der Waals surface area contributed by atoms with Crippen LogP contribution >= 0.6 is 0 Å². The van der Waals surface area contributed by atoms with Gasteiger partial charge in [0.15, 0.2) is 0 Å². The zero-order valence-corrected chi connectivity index (χ0v) is 16.1. The number of anilines is 4. The molecule has 29 heavy (non-hydrogen) atoms. The van der Waals surface area contributed by atoms with E-state index in [-0.39, 0.29) is 11.8 Å². The first kappa shape index (κ1) is 20.4. The van der Waals surface area contributed by atoms with E-state index in [4.69, 9.17) is 4.74 Å². The maximum atomic E-state index is 13.5. The Morgan fingerprint density at radius 1 is 1.03 bits per heavy atom. The van der Waals surface area contributed by atoms with Crippen LogP contribution in [0, 0.1) is 0 Å². The molecule has 0 aliphatic carbocycles. The second kappa shape index (κ2) is 8.81. The fourth-order valence-electron chi connectivity index (χ4n) is 2.60. The molecule has 0 unspecified atom stereocenters. The van der Waals surface area contributed by atoms with E-state index in [0.717, 1.165) is 18.3 Å². The predicted octanol–water partition coefficient (Wildman–Crippen LogP) is 5.80. The van der Waals surface area contributed by atoms with Crippen molar-refractivity contribution in [1.82, 2.24) is 9.97 Å². The van der Waals surface area contributed by atoms with E-state index in [0.29, 0.717) is 18.0 Å². The van der Waals surface area contributed by atoms with Crippen LogP contribution < -0.4 is 15.0 Å². The summed E-state index contributed by atoms with van der Waals surface area (Å²) in [6.07, 6.45) is -2.92. The number of nitrogens with zero attached hydrogens (tertiary/aromatic N) is 3. The molecule has 0 bridgehead atoms. The fourth-order valence-corrected chi connectivity index (χ4v) is 2.60. The Bertz CT molecular complexity index is 931. The molecule has 1 heterocycles. The lowest BCUT2D eigenvalue weighted by atomic mass is 10.2. The molecule has 8 heteroatoms. The SMILES string of the molecule is CCCOc1ccc(Nc2nc(N(C)c3ccccc3)ncc2C(F)(F)F)cc1. The molecule has 0 fully saturated rings. The van der Waals surface area contributed by atoms with Crippen molar-refractivity contribution < 1.29 is 17.9 Å². The molecule has 0 radical (unpaired) electrons. The molecule has 5 nitrogen and oxygen atoms in total. The number of para-hydroxylation sites is 1. The summed E-state index contributed by atoms with van der Waals surface area (Å²) in [6.45, 7) is 2.57. The van der Waals surface area contributed by atoms with Crippen molar-refractivity contribution in [3.8, 4) is 5.75 Å². The highest BCUT2D eigenvalue weighted by Gasteiger charge is 2.35. The maximum Gasteiger partial charge on any atom is 0.421 e. The molecule has 0 saturated heterocycles. The second-order valence-electron chi connectivity index (χ2n) is 6.32. The quantitative estimate of drug-likeness (QED) is 0.542. The van der Waals surface area contributed by atoms with E-state index in [2.05, 4.69) is 15.3 Å². The van der Waals surface area contributed by atoms with Crippen molar-refractivity contribution in [1.29, 1.82) is 0 Å². The standard InChI is InChI=1S/C21H21F3N4O/c1-3-13-29-17-11-9-15(10-12-17)26-19-18(21(22,23)24)14-25-20(27-19)28(2)16-7-5-4-6-8-16/h4-12,14H,3,13H2,1-2H3,(H,25,26,27). The number of nitrogens with one attached hydrogen (secondary N) is 1. The minimum absolute atomic E-state index is 0.148. The largest absolute Gasteiger partial charge is 0.494 e. The Morgan fingerprint density at radius 2 is 1.72 bits per heavy atom. The number of benzene rings is 2. The van der Waals surface area contributed by atoms with Gasteiger partial charge in [-0.15, -0.1) is 0 Å². The van der Waals surface area contributed by atoms with Crippen LogP contribution in [-0.4, -0.2) is 23.6 Å². The lowest BCUT2D eigenvalue weighted by molar-refractivity contribution is -0.137. The summed E-state index contributed by atoms with van der Waals surface area (Å²) in [5.41, 5.74) is 0.288. The van der Waals surface area contributed by atoms with Crippen LogP contribution in [0.3, 0.4) is 0 Å². The molecule has 0 saturated carbocycles. The van der Waals surface area contributed by atoms with E-state index in [9.17, 15) is 13.2 Å². The molecule has 2 aromatic carbocycles. The minimum atomic E-state index is -4.59. The second-order valence-corrected chi connectivity index (χ2v) is 6.32. The number of rotatable bonds is 7. The van der Waals surface area contributed by atoms with Gasteiger partial charge < -0.3 is 15.0 Å². The third kappa shape index (κ3) is 5.16. The Hall–Kier alpha value is -3.29. The lowest BCUT2D eigenvalue weighted by Crippen LogP contribution is -2.17. The monoisotopic (exact) mass is 402 g/mol. The molecule has 0 aliphatic rings. The molecule has 3 rings (SSSR count). The predicted molar refractivity (Wildman–Crippen MR) is 107 cm³/mol. The van der Waals surface area contributed by atoms with Crippen molar-refractivity contribution in [2.45, 2.75) is 19.5 Å². The van der Waals surface area contributed by atoms with Crippen LogP contribution in [0.4, 0.5) is 36.3 Å². The Labute approximate surface area is 167 Å². The van der Waals surface area contributed by atoms with E-state index in [1.54, 1.807) is 36.2 Å². The van der Waals surface area contributed by atoms with Crippen LogP contribution in [0.5, 0.6) is 5.75 Å². The van der Waals surface area contributed by atoms with Gasteiger partial charge in [-0.25, -0.2) is 4.98 Å². The number of hydrogen-bond acceptors (Lipinski definition) is 5. The van der Waals surface area contributed by atoms with E-state index in [1.807, 2.05) is 37.3 Å². The van der Waals surface area contributed by atoms with Crippen molar-refractivity contribution in [3.05, 3.63) is 66.4 Å². The van der Waals surface area contributed by atoms with Crippen molar-refractivity contribution in [3.63, 3.8) is 0 Å². The van der Waals surface area contributed by atoms with Gasteiger partial charge in [-0.3, -0.25) is 0 Å². The summed E-state index contributed by atoms with van der Waals surface area (Å²) in [7, 11) is 1.70. The number of halogens is 3. The summed E-state index contributed by atoms with van der Waals surface area (Å²) in [6, 6.07) is 15.8. The van der Waals surface area contributed by atoms with Crippen LogP contribution in [0.2, 0.25) is 0 Å². The van der Waals surface area contributed by atoms with E-state index in [1.165, 1.54) is 0 Å². The van der Waals surface area contributed by atoms with Crippen molar-refractivity contribution in [2.75, 3.05) is 23.9 Å². The first-order valence-electron chi connectivity index (χ1n) is 9.11. The molecular formula is C21H21F3N4O. The maximum absolute atomic E-state index is 13.5. The molecule has 1 aromatic heterocycles. The lowest BCUT2D eigenvalue weighted by Gasteiger charge is -2.20.